The fourth-order valence-corrected chi connectivity index (χ4v) is 20.0. The monoisotopic (exact) mass is 1540 g/mol. The van der Waals surface area contributed by atoms with E-state index in [2.05, 4.69) is 166 Å². The molecule has 1 fully saturated rings. The Balaban J connectivity index is 0.000000177. The van der Waals surface area contributed by atoms with Crippen LogP contribution >= 0.6 is 0 Å². The van der Waals surface area contributed by atoms with Gasteiger partial charge < -0.3 is 28.1 Å². The number of cyclic esters (lactones) is 1. The van der Waals surface area contributed by atoms with E-state index in [1.165, 1.54) is 59.1 Å². The molecule has 0 N–H and O–H groups in total. The number of rotatable bonds is 25. The molecule has 1 aliphatic rings. The first kappa shape index (κ1) is 81.9. The lowest BCUT2D eigenvalue weighted by Crippen LogP contribution is -2.34. The maximum atomic E-state index is 13.8. The Morgan fingerprint density at radius 2 is 0.724 bits per heavy atom. The number of ether oxygens (including phenoxy) is 4. The molecule has 11 nitrogen and oxygen atoms in total. The maximum absolute atomic E-state index is 13.8. The number of hydrogen-bond acceptors (Lipinski definition) is 11. The molecule has 10 aromatic rings. The van der Waals surface area contributed by atoms with Crippen molar-refractivity contribution in [3.05, 3.63) is 293 Å². The Bertz CT molecular complexity index is 4410. The molecule has 105 heavy (non-hydrogen) atoms. The van der Waals surface area contributed by atoms with Gasteiger partial charge in [-0.15, -0.1) is 0 Å². The summed E-state index contributed by atoms with van der Waals surface area (Å²) in [6, 6.07) is 79.5. The summed E-state index contributed by atoms with van der Waals surface area (Å²) in [6.45, 7) is 14.9. The smallest absolute Gasteiger partial charge is 0.347 e. The molecule has 24 heteroatoms. The predicted octanol–water partition coefficient (Wildman–Crippen LogP) is 20.3. The fraction of sp³-hybridized carbons (Fsp3) is 0.247. The van der Waals surface area contributed by atoms with Gasteiger partial charge in [0, 0.05) is 6.42 Å². The summed E-state index contributed by atoms with van der Waals surface area (Å²) < 4.78 is 195. The molecule has 10 aromatic carbocycles. The van der Waals surface area contributed by atoms with Gasteiger partial charge in [0.2, 0.25) is 23.3 Å². The van der Waals surface area contributed by atoms with Gasteiger partial charge in [-0.25, -0.2) is 39.2 Å². The number of carbonyl (C=O) groups is 1. The van der Waals surface area contributed by atoms with Crippen molar-refractivity contribution in [1.29, 1.82) is 0 Å². The lowest BCUT2D eigenvalue weighted by Gasteiger charge is -2.28. The first-order valence-electron chi connectivity index (χ1n) is 34.0. The minimum Gasteiger partial charge on any atom is -0.744 e. The van der Waals surface area contributed by atoms with Crippen LogP contribution in [0.1, 0.15) is 107 Å². The van der Waals surface area contributed by atoms with Crippen LogP contribution in [-0.2, 0) is 70.8 Å². The van der Waals surface area contributed by atoms with Crippen molar-refractivity contribution >= 4 is 56.1 Å². The van der Waals surface area contributed by atoms with E-state index in [0.29, 0.717) is 41.7 Å². The molecule has 11 rings (SSSR count). The Morgan fingerprint density at radius 3 is 1.00 bits per heavy atom. The van der Waals surface area contributed by atoms with Gasteiger partial charge in [0.1, 0.15) is 49.0 Å². The molecular weight excluding hydrogens is 1460 g/mol. The van der Waals surface area contributed by atoms with E-state index in [-0.39, 0.29) is 27.8 Å². The van der Waals surface area contributed by atoms with Gasteiger partial charge >= 0.3 is 5.97 Å². The van der Waals surface area contributed by atoms with Crippen molar-refractivity contribution in [3.8, 4) is 17.2 Å². The molecular formula is C81H80F8O11S4Si. The molecule has 1 heterocycles. The molecule has 1 saturated heterocycles. The van der Waals surface area contributed by atoms with Crippen molar-refractivity contribution in [1.82, 2.24) is 0 Å². The first-order valence-corrected chi connectivity index (χ1v) is 42.0. The lowest BCUT2D eigenvalue weighted by atomic mass is 9.98. The highest BCUT2D eigenvalue weighted by Crippen LogP contribution is 2.38. The Labute approximate surface area is 615 Å². The standard InChI is InChI=1S/C25H31SSi.C22H19O3S.2C17H16F4O4S/c1-4-27(5-2,6-3)21-22-17-19-25(20-18-22)26(23-13-9-7-10-14-23)24-15-11-8-12-16-24;23-22-21(15-16-24-22)25-17-11-13-20(14-12-17)26(18-7-3-1-4-8-18)19-9-5-2-6-10-19;2*1-3-9(2)11-6-4-10(5-7-11)8-25-16-12(18)14(20)17(26(22,23)24)15(21)13(16)19/h7-20H,4-6,21H2,1-3H3;1-14,21H,15-16H2;2*4-7,9H,3,8H2,1-2H3,(H,22,23,24)/q2*+1;;/p-2. The SMILES string of the molecule is CCC(C)c1ccc(COc2c(F)c(F)c(S(=O)(=O)[O-])c(F)c2F)cc1.CCC(C)c1ccc(COc2c(F)c(F)c(S(=O)(=O)[O-])c(F)c2F)cc1.CC[Si](CC)(CC)Cc1ccc([S+](c2ccccc2)c2ccccc2)cc1.O=C1OCCC1Oc1ccc([S+](c2ccccc2)c2ccccc2)cc1. The van der Waals surface area contributed by atoms with E-state index < -0.39 is 115 Å². The lowest BCUT2D eigenvalue weighted by molar-refractivity contribution is -0.143. The summed E-state index contributed by atoms with van der Waals surface area (Å²) in [4.78, 5) is 15.1. The van der Waals surface area contributed by atoms with Gasteiger partial charge in [-0.05, 0) is 138 Å². The van der Waals surface area contributed by atoms with Gasteiger partial charge in [-0.3, -0.25) is 0 Å². The Kier molecular flexibility index (Phi) is 29.6. The molecule has 0 spiro atoms. The van der Waals surface area contributed by atoms with E-state index in [1.807, 2.05) is 52.0 Å². The van der Waals surface area contributed by atoms with Gasteiger partial charge in [-0.2, -0.15) is 17.6 Å². The number of halogens is 8. The summed E-state index contributed by atoms with van der Waals surface area (Å²) >= 11 is 0. The van der Waals surface area contributed by atoms with Crippen LogP contribution < -0.4 is 14.2 Å². The number of carbonyl (C=O) groups excluding carboxylic acids is 1. The second-order valence-corrected chi connectivity index (χ2v) is 36.9. The van der Waals surface area contributed by atoms with Crippen LogP contribution in [0.2, 0.25) is 18.1 Å². The maximum Gasteiger partial charge on any atom is 0.347 e. The Morgan fingerprint density at radius 1 is 0.429 bits per heavy atom. The molecule has 1 aliphatic heterocycles. The van der Waals surface area contributed by atoms with E-state index >= 15 is 0 Å². The summed E-state index contributed by atoms with van der Waals surface area (Å²) in [5.41, 5.74) is 4.54. The van der Waals surface area contributed by atoms with Crippen LogP contribution in [0.5, 0.6) is 17.2 Å². The molecule has 0 bridgehead atoms. The number of hydrogen-bond donors (Lipinski definition) is 0. The summed E-state index contributed by atoms with van der Waals surface area (Å²) in [7, 11) is -12.8. The summed E-state index contributed by atoms with van der Waals surface area (Å²) in [5.74, 6) is -19.5. The third-order valence-corrected chi connectivity index (χ3v) is 29.9. The zero-order valence-corrected chi connectivity index (χ0v) is 63.0. The third-order valence-electron chi connectivity index (χ3n) is 18.1. The van der Waals surface area contributed by atoms with E-state index in [1.54, 1.807) is 48.5 Å². The van der Waals surface area contributed by atoms with Gasteiger partial charge in [0.05, 0.1) is 36.5 Å². The average molecular weight is 1540 g/mol. The van der Waals surface area contributed by atoms with Gasteiger partial charge in [0.25, 0.3) is 0 Å². The quantitative estimate of drug-likeness (QED) is 0.0133. The molecule has 554 valence electrons. The second-order valence-electron chi connectivity index (χ2n) is 24.7. The van der Waals surface area contributed by atoms with Crippen molar-refractivity contribution in [3.63, 3.8) is 0 Å². The minimum absolute atomic E-state index is 0.0401. The van der Waals surface area contributed by atoms with Gasteiger partial charge in [0.15, 0.2) is 70.2 Å². The van der Waals surface area contributed by atoms with Crippen LogP contribution in [0, 0.1) is 46.5 Å². The van der Waals surface area contributed by atoms with E-state index in [4.69, 9.17) is 18.9 Å². The molecule has 0 amide bonds. The first-order chi connectivity index (χ1) is 50.2. The fourth-order valence-electron chi connectivity index (χ4n) is 11.3. The largest absolute Gasteiger partial charge is 0.744 e. The average Bonchev–Trinajstić information content (AvgIpc) is 0.976. The molecule has 3 unspecified atom stereocenters. The van der Waals surface area contributed by atoms with Crippen molar-refractivity contribution in [2.45, 2.75) is 162 Å². The van der Waals surface area contributed by atoms with Crippen molar-refractivity contribution < 1.29 is 84.8 Å². The van der Waals surface area contributed by atoms with Crippen molar-refractivity contribution in [2.75, 3.05) is 6.61 Å². The molecule has 0 radical (unpaired) electrons. The zero-order chi connectivity index (χ0) is 76.2. The summed E-state index contributed by atoms with van der Waals surface area (Å²) in [5, 5.41) is 0. The third kappa shape index (κ3) is 21.3. The number of esters is 1. The summed E-state index contributed by atoms with van der Waals surface area (Å²) in [6.07, 6.45) is 1.96. The van der Waals surface area contributed by atoms with Gasteiger partial charge in [-0.1, -0.05) is 206 Å². The molecule has 0 saturated carbocycles. The van der Waals surface area contributed by atoms with E-state index in [0.717, 1.165) is 24.0 Å². The predicted molar refractivity (Wildman–Crippen MR) is 391 cm³/mol. The highest BCUT2D eigenvalue weighted by molar-refractivity contribution is 7.97. The van der Waals surface area contributed by atoms with Crippen LogP contribution in [0.25, 0.3) is 0 Å². The van der Waals surface area contributed by atoms with Crippen molar-refractivity contribution in [2.24, 2.45) is 0 Å². The Hall–Kier alpha value is -8.75. The van der Waals surface area contributed by atoms with Crippen LogP contribution in [0.15, 0.2) is 258 Å². The van der Waals surface area contributed by atoms with Crippen LogP contribution in [-0.4, -0.2) is 52.7 Å². The highest BCUT2D eigenvalue weighted by Gasteiger charge is 2.35. The number of benzene rings is 10. The highest BCUT2D eigenvalue weighted by atomic mass is 32.2. The molecule has 0 aliphatic carbocycles. The second kappa shape index (κ2) is 38.0. The minimum atomic E-state index is -5.74. The normalized spacial score (nSPS) is 13.5. The van der Waals surface area contributed by atoms with Crippen LogP contribution in [0.3, 0.4) is 0 Å². The van der Waals surface area contributed by atoms with E-state index in [9.17, 15) is 65.9 Å². The topological polar surface area (TPSA) is 168 Å². The van der Waals surface area contributed by atoms with Crippen LogP contribution in [0.4, 0.5) is 35.1 Å². The zero-order valence-electron chi connectivity index (χ0n) is 58.7. The molecule has 3 atom stereocenters. The molecule has 0 aromatic heterocycles.